The van der Waals surface area contributed by atoms with Gasteiger partial charge in [0.05, 0.1) is 5.41 Å². The van der Waals surface area contributed by atoms with Crippen molar-refractivity contribution in [3.63, 3.8) is 0 Å². The van der Waals surface area contributed by atoms with Crippen LogP contribution in [0.4, 0.5) is 5.69 Å². The molecule has 3 aromatic carbocycles. The molecule has 24 heavy (non-hydrogen) atoms. The summed E-state index contributed by atoms with van der Waals surface area (Å²) in [5.41, 5.74) is 1.94. The Morgan fingerprint density at radius 1 is 0.792 bits per heavy atom. The Kier molecular flexibility index (Phi) is 4.81. The van der Waals surface area contributed by atoms with E-state index in [2.05, 4.69) is 21.2 Å². The minimum Gasteiger partial charge on any atom is -0.325 e. The molecule has 0 atom stereocenters. The molecule has 0 unspecified atom stereocenters. The number of halogens is 1. The second kappa shape index (κ2) is 7.02. The number of anilines is 1. The Labute approximate surface area is 150 Å². The Bertz CT molecular complexity index is 774. The Morgan fingerprint density at radius 3 is 1.71 bits per heavy atom. The number of carbonyl (C=O) groups is 1. The van der Waals surface area contributed by atoms with Crippen molar-refractivity contribution in [3.05, 3.63) is 101 Å². The fraction of sp³-hybridized carbons (Fsp3) is 0.0952. The van der Waals surface area contributed by atoms with Crippen LogP contribution in [0.2, 0.25) is 0 Å². The minimum absolute atomic E-state index is 0.0535. The molecule has 0 saturated heterocycles. The molecule has 0 radical (unpaired) electrons. The van der Waals surface area contributed by atoms with Gasteiger partial charge in [-0.15, -0.1) is 0 Å². The van der Waals surface area contributed by atoms with Gasteiger partial charge < -0.3 is 5.32 Å². The van der Waals surface area contributed by atoms with Crippen LogP contribution < -0.4 is 5.32 Å². The van der Waals surface area contributed by atoms with Crippen molar-refractivity contribution in [1.29, 1.82) is 0 Å². The van der Waals surface area contributed by atoms with E-state index in [1.165, 1.54) is 0 Å². The van der Waals surface area contributed by atoms with Crippen LogP contribution >= 0.6 is 15.9 Å². The SMILES string of the molecule is CC(C(=O)Nc1ccc(Br)cc1)(c1ccccc1)c1ccccc1. The predicted molar refractivity (Wildman–Crippen MR) is 102 cm³/mol. The Balaban J connectivity index is 2.02. The van der Waals surface area contributed by atoms with Gasteiger partial charge in [0.25, 0.3) is 0 Å². The third-order valence-electron chi connectivity index (χ3n) is 4.26. The second-order valence-corrected chi connectivity index (χ2v) is 6.73. The van der Waals surface area contributed by atoms with Crippen LogP contribution in [-0.2, 0) is 10.2 Å². The molecule has 0 aliphatic carbocycles. The van der Waals surface area contributed by atoms with Gasteiger partial charge in [-0.2, -0.15) is 0 Å². The molecule has 0 heterocycles. The van der Waals surface area contributed by atoms with E-state index in [1.54, 1.807) is 0 Å². The fourth-order valence-corrected chi connectivity index (χ4v) is 3.03. The third-order valence-corrected chi connectivity index (χ3v) is 4.79. The summed E-state index contributed by atoms with van der Waals surface area (Å²) in [5.74, 6) is -0.0535. The highest BCUT2D eigenvalue weighted by Crippen LogP contribution is 2.33. The quantitative estimate of drug-likeness (QED) is 0.646. The average Bonchev–Trinajstić information content (AvgIpc) is 2.64. The maximum absolute atomic E-state index is 13.2. The Hall–Kier alpha value is -2.39. The molecule has 1 amide bonds. The monoisotopic (exact) mass is 379 g/mol. The molecule has 3 heteroatoms. The van der Waals surface area contributed by atoms with Crippen LogP contribution in [0.5, 0.6) is 0 Å². The smallest absolute Gasteiger partial charge is 0.239 e. The van der Waals surface area contributed by atoms with Crippen LogP contribution in [-0.4, -0.2) is 5.91 Å². The molecule has 0 saturated carbocycles. The van der Waals surface area contributed by atoms with Crippen LogP contribution in [0.3, 0.4) is 0 Å². The molecular weight excluding hydrogens is 362 g/mol. The minimum atomic E-state index is -0.768. The maximum atomic E-state index is 13.2. The van der Waals surface area contributed by atoms with Crippen molar-refractivity contribution in [3.8, 4) is 0 Å². The lowest BCUT2D eigenvalue weighted by Gasteiger charge is -2.29. The second-order valence-electron chi connectivity index (χ2n) is 5.82. The fourth-order valence-electron chi connectivity index (χ4n) is 2.76. The zero-order valence-corrected chi connectivity index (χ0v) is 15.0. The summed E-state index contributed by atoms with van der Waals surface area (Å²) in [7, 11) is 0. The standard InChI is InChI=1S/C21H18BrNO/c1-21(16-8-4-2-5-9-16,17-10-6-3-7-11-17)20(24)23-19-14-12-18(22)13-15-19/h2-15H,1H3,(H,23,24). The van der Waals surface area contributed by atoms with Crippen molar-refractivity contribution in [2.45, 2.75) is 12.3 Å². The van der Waals surface area contributed by atoms with Gasteiger partial charge in [-0.25, -0.2) is 0 Å². The average molecular weight is 380 g/mol. The van der Waals surface area contributed by atoms with Gasteiger partial charge in [0, 0.05) is 10.2 Å². The number of amides is 1. The van der Waals surface area contributed by atoms with E-state index in [0.717, 1.165) is 21.3 Å². The van der Waals surface area contributed by atoms with Crippen molar-refractivity contribution >= 4 is 27.5 Å². The molecule has 0 fully saturated rings. The van der Waals surface area contributed by atoms with Crippen LogP contribution in [0.1, 0.15) is 18.1 Å². The van der Waals surface area contributed by atoms with Crippen LogP contribution in [0.15, 0.2) is 89.4 Å². The number of nitrogens with one attached hydrogen (secondary N) is 1. The molecule has 0 bridgehead atoms. The number of benzene rings is 3. The lowest BCUT2D eigenvalue weighted by molar-refractivity contribution is -0.119. The number of hydrogen-bond donors (Lipinski definition) is 1. The van der Waals surface area contributed by atoms with Crippen LogP contribution in [0.25, 0.3) is 0 Å². The molecule has 120 valence electrons. The van der Waals surface area contributed by atoms with Crippen molar-refractivity contribution in [2.24, 2.45) is 0 Å². The summed E-state index contributed by atoms with van der Waals surface area (Å²) in [6, 6.07) is 27.3. The summed E-state index contributed by atoms with van der Waals surface area (Å²) in [6.07, 6.45) is 0. The highest BCUT2D eigenvalue weighted by Gasteiger charge is 2.37. The molecule has 3 rings (SSSR count). The first kappa shape index (κ1) is 16.5. The summed E-state index contributed by atoms with van der Waals surface area (Å²) < 4.78 is 0.981. The summed E-state index contributed by atoms with van der Waals surface area (Å²) in [5, 5.41) is 3.05. The number of hydrogen-bond acceptors (Lipinski definition) is 1. The van der Waals surface area contributed by atoms with Crippen LogP contribution in [0, 0.1) is 0 Å². The van der Waals surface area contributed by atoms with E-state index in [0.29, 0.717) is 0 Å². The lowest BCUT2D eigenvalue weighted by atomic mass is 9.75. The first-order chi connectivity index (χ1) is 11.6. The van der Waals surface area contributed by atoms with E-state index < -0.39 is 5.41 Å². The van der Waals surface area contributed by atoms with Gasteiger partial charge in [-0.05, 0) is 42.3 Å². The molecular formula is C21H18BrNO. The van der Waals surface area contributed by atoms with Gasteiger partial charge in [-0.1, -0.05) is 76.6 Å². The summed E-state index contributed by atoms with van der Waals surface area (Å²) >= 11 is 3.41. The Morgan fingerprint density at radius 2 is 1.25 bits per heavy atom. The first-order valence-corrected chi connectivity index (χ1v) is 8.58. The highest BCUT2D eigenvalue weighted by molar-refractivity contribution is 9.10. The molecule has 0 aromatic heterocycles. The third kappa shape index (κ3) is 3.26. The molecule has 2 nitrogen and oxygen atoms in total. The van der Waals surface area contributed by atoms with Gasteiger partial charge in [0.1, 0.15) is 0 Å². The molecule has 1 N–H and O–H groups in total. The molecule has 3 aromatic rings. The normalized spacial score (nSPS) is 11.1. The summed E-state index contributed by atoms with van der Waals surface area (Å²) in [6.45, 7) is 1.96. The first-order valence-electron chi connectivity index (χ1n) is 7.79. The van der Waals surface area contributed by atoms with Gasteiger partial charge >= 0.3 is 0 Å². The number of rotatable bonds is 4. The molecule has 0 spiro atoms. The van der Waals surface area contributed by atoms with E-state index in [1.807, 2.05) is 91.9 Å². The van der Waals surface area contributed by atoms with Crippen molar-refractivity contribution < 1.29 is 4.79 Å². The maximum Gasteiger partial charge on any atom is 0.239 e. The van der Waals surface area contributed by atoms with Crippen molar-refractivity contribution in [1.82, 2.24) is 0 Å². The summed E-state index contributed by atoms with van der Waals surface area (Å²) in [4.78, 5) is 13.2. The highest BCUT2D eigenvalue weighted by atomic mass is 79.9. The van der Waals surface area contributed by atoms with E-state index in [9.17, 15) is 4.79 Å². The molecule has 0 aliphatic rings. The lowest BCUT2D eigenvalue weighted by Crippen LogP contribution is -2.38. The number of carbonyl (C=O) groups excluding carboxylic acids is 1. The van der Waals surface area contributed by atoms with E-state index in [4.69, 9.17) is 0 Å². The predicted octanol–water partition coefficient (Wildman–Crippen LogP) is 5.39. The topological polar surface area (TPSA) is 29.1 Å². The van der Waals surface area contributed by atoms with E-state index >= 15 is 0 Å². The molecule has 0 aliphatic heterocycles. The van der Waals surface area contributed by atoms with Crippen molar-refractivity contribution in [2.75, 3.05) is 5.32 Å². The van der Waals surface area contributed by atoms with Gasteiger partial charge in [0.15, 0.2) is 0 Å². The van der Waals surface area contributed by atoms with Gasteiger partial charge in [-0.3, -0.25) is 4.79 Å². The zero-order valence-electron chi connectivity index (χ0n) is 13.4. The van der Waals surface area contributed by atoms with Gasteiger partial charge in [0.2, 0.25) is 5.91 Å². The zero-order chi connectivity index (χ0) is 17.0. The van der Waals surface area contributed by atoms with E-state index in [-0.39, 0.29) is 5.91 Å². The largest absolute Gasteiger partial charge is 0.325 e.